The number of rotatable bonds is 6. The molecular weight excluding hydrogens is 537 g/mol. The molecule has 2 amide bonds. The van der Waals surface area contributed by atoms with Crippen LogP contribution in [0.5, 0.6) is 0 Å². The minimum absolute atomic E-state index is 0.143. The summed E-state index contributed by atoms with van der Waals surface area (Å²) in [5.74, 6) is -1.08. The minimum Gasteiger partial charge on any atom is -0.360 e. The van der Waals surface area contributed by atoms with E-state index in [9.17, 15) is 22.8 Å². The second-order valence-corrected chi connectivity index (χ2v) is 9.38. The van der Waals surface area contributed by atoms with Gasteiger partial charge in [0.2, 0.25) is 11.9 Å². The van der Waals surface area contributed by atoms with Crippen molar-refractivity contribution in [1.29, 1.82) is 5.26 Å². The van der Waals surface area contributed by atoms with Crippen molar-refractivity contribution in [1.82, 2.24) is 29.6 Å². The van der Waals surface area contributed by atoms with E-state index in [4.69, 9.17) is 5.26 Å². The number of nitrogens with zero attached hydrogens (tertiary/aromatic N) is 6. The average molecular weight is 561 g/mol. The Morgan fingerprint density at radius 3 is 2.83 bits per heavy atom. The molecule has 0 saturated heterocycles. The fourth-order valence-electron chi connectivity index (χ4n) is 4.57. The van der Waals surface area contributed by atoms with Gasteiger partial charge in [-0.2, -0.15) is 23.5 Å². The fourth-order valence-corrected chi connectivity index (χ4v) is 4.57. The maximum Gasteiger partial charge on any atom is 0.419 e. The number of alkyl halides is 3. The number of amides is 2. The molecule has 1 atom stereocenters. The van der Waals surface area contributed by atoms with E-state index in [1.807, 2.05) is 12.1 Å². The highest BCUT2D eigenvalue weighted by molar-refractivity contribution is 5.97. The Kier molecular flexibility index (Phi) is 7.15. The molecule has 41 heavy (non-hydrogen) atoms. The SMILES string of the molecule is C=CC(=O)N1CCC=C(c2cnn(C(C)C(=O)Nc3ncc(C(F)(F)F)c(-c4c[nH]c5cc(C#N)ccc45)n3)c2)C1. The Bertz CT molecular complexity index is 1740. The van der Waals surface area contributed by atoms with Crippen molar-refractivity contribution < 1.29 is 22.8 Å². The number of halogens is 3. The van der Waals surface area contributed by atoms with E-state index < -0.39 is 29.4 Å². The quantitative estimate of drug-likeness (QED) is 0.328. The number of benzene rings is 1. The van der Waals surface area contributed by atoms with Crippen molar-refractivity contribution in [2.24, 2.45) is 0 Å². The lowest BCUT2D eigenvalue weighted by Crippen LogP contribution is -2.34. The largest absolute Gasteiger partial charge is 0.419 e. The summed E-state index contributed by atoms with van der Waals surface area (Å²) in [5.41, 5.74) is 1.06. The highest BCUT2D eigenvalue weighted by atomic mass is 19.4. The van der Waals surface area contributed by atoms with Crippen molar-refractivity contribution in [3.63, 3.8) is 0 Å². The van der Waals surface area contributed by atoms with Gasteiger partial charge in [-0.15, -0.1) is 0 Å². The Labute approximate surface area is 231 Å². The van der Waals surface area contributed by atoms with Crippen LogP contribution in [0.25, 0.3) is 27.7 Å². The number of aromatic nitrogens is 5. The summed E-state index contributed by atoms with van der Waals surface area (Å²) < 4.78 is 43.1. The summed E-state index contributed by atoms with van der Waals surface area (Å²) in [6.07, 6.45) is 4.41. The number of aromatic amines is 1. The lowest BCUT2D eigenvalue weighted by atomic mass is 10.0. The van der Waals surface area contributed by atoms with Crippen LogP contribution in [-0.4, -0.2) is 54.5 Å². The van der Waals surface area contributed by atoms with Gasteiger partial charge < -0.3 is 9.88 Å². The molecule has 0 saturated carbocycles. The number of carbonyl (C=O) groups is 2. The van der Waals surface area contributed by atoms with Gasteiger partial charge in [-0.25, -0.2) is 9.97 Å². The Morgan fingerprint density at radius 1 is 1.29 bits per heavy atom. The van der Waals surface area contributed by atoms with Crippen molar-refractivity contribution in [2.75, 3.05) is 18.4 Å². The highest BCUT2D eigenvalue weighted by Gasteiger charge is 2.36. The van der Waals surface area contributed by atoms with Crippen LogP contribution in [0.2, 0.25) is 0 Å². The summed E-state index contributed by atoms with van der Waals surface area (Å²) in [6.45, 7) is 6.06. The Balaban J connectivity index is 1.39. The van der Waals surface area contributed by atoms with E-state index in [1.165, 1.54) is 35.2 Å². The maximum atomic E-state index is 13.9. The molecule has 0 aliphatic carbocycles. The molecule has 1 aromatic carbocycles. The summed E-state index contributed by atoms with van der Waals surface area (Å²) in [6, 6.07) is 5.68. The predicted octanol–water partition coefficient (Wildman–Crippen LogP) is 4.71. The molecule has 4 heterocycles. The zero-order chi connectivity index (χ0) is 29.3. The van der Waals surface area contributed by atoms with Crippen LogP contribution in [0.3, 0.4) is 0 Å². The van der Waals surface area contributed by atoms with Gasteiger partial charge in [0.1, 0.15) is 11.6 Å². The van der Waals surface area contributed by atoms with Crippen molar-refractivity contribution in [2.45, 2.75) is 25.6 Å². The van der Waals surface area contributed by atoms with Gasteiger partial charge >= 0.3 is 6.18 Å². The molecule has 13 heteroatoms. The van der Waals surface area contributed by atoms with E-state index in [2.05, 4.69) is 31.9 Å². The molecular formula is C28H23F3N8O2. The lowest BCUT2D eigenvalue weighted by Gasteiger charge is -2.26. The molecule has 5 rings (SSSR count). The van der Waals surface area contributed by atoms with Crippen molar-refractivity contribution in [3.05, 3.63) is 78.4 Å². The molecule has 0 fully saturated rings. The number of carbonyl (C=O) groups excluding carboxylic acids is 2. The zero-order valence-corrected chi connectivity index (χ0v) is 21.7. The van der Waals surface area contributed by atoms with Crippen LogP contribution >= 0.6 is 0 Å². The average Bonchev–Trinajstić information content (AvgIpc) is 3.63. The van der Waals surface area contributed by atoms with Gasteiger partial charge in [0.05, 0.1) is 23.5 Å². The first kappa shape index (κ1) is 27.3. The first-order chi connectivity index (χ1) is 19.6. The van der Waals surface area contributed by atoms with E-state index in [0.29, 0.717) is 42.2 Å². The van der Waals surface area contributed by atoms with Crippen LogP contribution in [0.1, 0.15) is 36.1 Å². The number of hydrogen-bond donors (Lipinski definition) is 2. The van der Waals surface area contributed by atoms with Crippen LogP contribution in [-0.2, 0) is 15.8 Å². The molecule has 0 spiro atoms. The first-order valence-electron chi connectivity index (χ1n) is 12.5. The van der Waals surface area contributed by atoms with Gasteiger partial charge in [-0.1, -0.05) is 18.7 Å². The molecule has 1 aliphatic rings. The van der Waals surface area contributed by atoms with Crippen molar-refractivity contribution >= 4 is 34.2 Å². The number of hydrogen-bond acceptors (Lipinski definition) is 6. The summed E-state index contributed by atoms with van der Waals surface area (Å²) in [7, 11) is 0. The lowest BCUT2D eigenvalue weighted by molar-refractivity contribution is -0.137. The van der Waals surface area contributed by atoms with E-state index in [0.717, 1.165) is 11.1 Å². The molecule has 1 unspecified atom stereocenters. The van der Waals surface area contributed by atoms with Gasteiger partial charge in [-0.05, 0) is 37.1 Å². The number of anilines is 1. The van der Waals surface area contributed by atoms with E-state index >= 15 is 0 Å². The molecule has 10 nitrogen and oxygen atoms in total. The zero-order valence-electron chi connectivity index (χ0n) is 21.7. The second-order valence-electron chi connectivity index (χ2n) is 9.38. The fraction of sp³-hybridized carbons (Fsp3) is 0.214. The third kappa shape index (κ3) is 5.44. The van der Waals surface area contributed by atoms with E-state index in [1.54, 1.807) is 24.2 Å². The molecule has 208 valence electrons. The number of nitriles is 1. The van der Waals surface area contributed by atoms with E-state index in [-0.39, 0.29) is 17.4 Å². The first-order valence-corrected chi connectivity index (χ1v) is 12.5. The second kappa shape index (κ2) is 10.7. The smallest absolute Gasteiger partial charge is 0.360 e. The van der Waals surface area contributed by atoms with Gasteiger partial charge in [0.15, 0.2) is 0 Å². The molecule has 1 aliphatic heterocycles. The highest BCUT2D eigenvalue weighted by Crippen LogP contribution is 2.38. The molecule has 3 aromatic heterocycles. The van der Waals surface area contributed by atoms with Crippen LogP contribution in [0, 0.1) is 11.3 Å². The van der Waals surface area contributed by atoms with Gasteiger partial charge in [0, 0.05) is 53.7 Å². The van der Waals surface area contributed by atoms with Crippen LogP contribution in [0.4, 0.5) is 19.1 Å². The Morgan fingerprint density at radius 2 is 2.10 bits per heavy atom. The molecule has 4 aromatic rings. The standard InChI is InChI=1S/C28H23F3N8O2/c1-3-24(40)38-8-4-5-18(14-38)19-11-35-39(15-19)16(2)26(41)37-27-34-13-22(28(29,30)31)25(36-27)21-12-33-23-9-17(10-32)6-7-20(21)23/h3,5-7,9,11-13,15-16,33H,1,4,8,14H2,2H3,(H,34,36,37,41). The van der Waals surface area contributed by atoms with Crippen molar-refractivity contribution in [3.8, 4) is 17.3 Å². The molecule has 2 N–H and O–H groups in total. The number of fused-ring (bicyclic) bond motifs is 1. The normalized spacial score (nSPS) is 14.3. The number of H-pyrrole nitrogens is 1. The van der Waals surface area contributed by atoms with Crippen LogP contribution in [0.15, 0.2) is 61.7 Å². The summed E-state index contributed by atoms with van der Waals surface area (Å²) in [5, 5.41) is 16.3. The number of nitrogens with one attached hydrogen (secondary N) is 2. The topological polar surface area (TPSA) is 133 Å². The summed E-state index contributed by atoms with van der Waals surface area (Å²) >= 11 is 0. The monoisotopic (exact) mass is 560 g/mol. The van der Waals surface area contributed by atoms with Gasteiger partial charge in [0.25, 0.3) is 5.91 Å². The third-order valence-corrected chi connectivity index (χ3v) is 6.78. The summed E-state index contributed by atoms with van der Waals surface area (Å²) in [4.78, 5) is 37.4. The third-order valence-electron chi connectivity index (χ3n) is 6.78. The van der Waals surface area contributed by atoms with Gasteiger partial charge in [-0.3, -0.25) is 19.6 Å². The molecule has 0 radical (unpaired) electrons. The maximum absolute atomic E-state index is 13.9. The minimum atomic E-state index is -4.76. The van der Waals surface area contributed by atoms with Crippen LogP contribution < -0.4 is 5.32 Å². The predicted molar refractivity (Wildman–Crippen MR) is 144 cm³/mol. The Hall–Kier alpha value is -5.25. The molecule has 0 bridgehead atoms.